The van der Waals surface area contributed by atoms with Crippen molar-refractivity contribution < 1.29 is 9.90 Å². The fourth-order valence-electron chi connectivity index (χ4n) is 2.33. The molecule has 1 heterocycles. The Morgan fingerprint density at radius 3 is 2.70 bits per heavy atom. The lowest BCUT2D eigenvalue weighted by Crippen LogP contribution is -2.29. The number of hydrogen-bond acceptors (Lipinski definition) is 2. The Balaban J connectivity index is 1.60. The molecule has 1 saturated carbocycles. The molecule has 104 valence electrons. The topological polar surface area (TPSA) is 54.3 Å². The van der Waals surface area contributed by atoms with Crippen LogP contribution in [0.3, 0.4) is 0 Å². The van der Waals surface area contributed by atoms with Crippen LogP contribution in [0.1, 0.15) is 41.0 Å². The molecule has 1 aliphatic carbocycles. The van der Waals surface area contributed by atoms with Crippen LogP contribution < -0.4 is 5.32 Å². The van der Waals surface area contributed by atoms with Gasteiger partial charge in [-0.1, -0.05) is 30.3 Å². The van der Waals surface area contributed by atoms with E-state index in [9.17, 15) is 9.90 Å². The number of amides is 1. The SMILES string of the molecule is O=C(NCC(O)c1ccccc1)c1cccn1C1CC1. The Morgan fingerprint density at radius 1 is 1.25 bits per heavy atom. The van der Waals surface area contributed by atoms with Gasteiger partial charge in [0.25, 0.3) is 5.91 Å². The van der Waals surface area contributed by atoms with E-state index in [1.807, 2.05) is 53.2 Å². The normalized spacial score (nSPS) is 15.8. The van der Waals surface area contributed by atoms with Gasteiger partial charge in [0, 0.05) is 18.8 Å². The van der Waals surface area contributed by atoms with Gasteiger partial charge in [0.05, 0.1) is 6.10 Å². The van der Waals surface area contributed by atoms with E-state index < -0.39 is 6.10 Å². The summed E-state index contributed by atoms with van der Waals surface area (Å²) in [7, 11) is 0. The van der Waals surface area contributed by atoms with Gasteiger partial charge in [-0.25, -0.2) is 0 Å². The van der Waals surface area contributed by atoms with Crippen LogP contribution in [0.4, 0.5) is 0 Å². The molecule has 1 aliphatic rings. The molecule has 4 nitrogen and oxygen atoms in total. The summed E-state index contributed by atoms with van der Waals surface area (Å²) in [6.45, 7) is 0.221. The number of carbonyl (C=O) groups excluding carboxylic acids is 1. The summed E-state index contributed by atoms with van der Waals surface area (Å²) in [5.41, 5.74) is 1.48. The largest absolute Gasteiger partial charge is 0.387 e. The van der Waals surface area contributed by atoms with Gasteiger partial charge < -0.3 is 15.0 Å². The highest BCUT2D eigenvalue weighted by molar-refractivity contribution is 5.92. The lowest BCUT2D eigenvalue weighted by Gasteiger charge is -2.13. The van der Waals surface area contributed by atoms with E-state index in [1.54, 1.807) is 0 Å². The van der Waals surface area contributed by atoms with Crippen molar-refractivity contribution in [2.45, 2.75) is 25.0 Å². The molecule has 0 saturated heterocycles. The average Bonchev–Trinajstić information content (AvgIpc) is 3.22. The second kappa shape index (κ2) is 5.51. The maximum absolute atomic E-state index is 12.2. The minimum Gasteiger partial charge on any atom is -0.387 e. The second-order valence-electron chi connectivity index (χ2n) is 5.17. The van der Waals surface area contributed by atoms with Crippen LogP contribution in [0, 0.1) is 0 Å². The molecule has 1 atom stereocenters. The van der Waals surface area contributed by atoms with Gasteiger partial charge >= 0.3 is 0 Å². The molecule has 20 heavy (non-hydrogen) atoms. The van der Waals surface area contributed by atoms with Crippen molar-refractivity contribution in [3.05, 3.63) is 59.9 Å². The van der Waals surface area contributed by atoms with E-state index in [4.69, 9.17) is 0 Å². The summed E-state index contributed by atoms with van der Waals surface area (Å²) < 4.78 is 2.02. The molecule has 1 unspecified atom stereocenters. The molecule has 1 aromatic carbocycles. The lowest BCUT2D eigenvalue weighted by molar-refractivity contribution is 0.0907. The summed E-state index contributed by atoms with van der Waals surface area (Å²) in [6.07, 6.45) is 3.55. The highest BCUT2D eigenvalue weighted by Gasteiger charge is 2.26. The zero-order chi connectivity index (χ0) is 13.9. The summed E-state index contributed by atoms with van der Waals surface area (Å²) >= 11 is 0. The van der Waals surface area contributed by atoms with Crippen LogP contribution >= 0.6 is 0 Å². The second-order valence-corrected chi connectivity index (χ2v) is 5.17. The number of rotatable bonds is 5. The molecule has 1 fully saturated rings. The molecule has 0 bridgehead atoms. The zero-order valence-corrected chi connectivity index (χ0v) is 11.2. The molecule has 0 spiro atoms. The van der Waals surface area contributed by atoms with Gasteiger partial charge in [-0.3, -0.25) is 4.79 Å². The summed E-state index contributed by atoms with van der Waals surface area (Å²) in [4.78, 5) is 12.2. The van der Waals surface area contributed by atoms with E-state index in [0.29, 0.717) is 11.7 Å². The number of nitrogens with zero attached hydrogens (tertiary/aromatic N) is 1. The zero-order valence-electron chi connectivity index (χ0n) is 11.2. The highest BCUT2D eigenvalue weighted by Crippen LogP contribution is 2.35. The first-order chi connectivity index (χ1) is 9.75. The maximum Gasteiger partial charge on any atom is 0.268 e. The average molecular weight is 270 g/mol. The number of benzene rings is 1. The van der Waals surface area contributed by atoms with Gasteiger partial charge in [-0.05, 0) is 30.5 Å². The van der Waals surface area contributed by atoms with Crippen LogP contribution in [0.25, 0.3) is 0 Å². The monoisotopic (exact) mass is 270 g/mol. The maximum atomic E-state index is 12.2. The molecule has 1 amide bonds. The minimum atomic E-state index is -0.676. The first-order valence-electron chi connectivity index (χ1n) is 6.94. The molecular weight excluding hydrogens is 252 g/mol. The van der Waals surface area contributed by atoms with Gasteiger partial charge in [-0.2, -0.15) is 0 Å². The van der Waals surface area contributed by atoms with Crippen molar-refractivity contribution in [2.24, 2.45) is 0 Å². The van der Waals surface area contributed by atoms with Crippen molar-refractivity contribution in [1.82, 2.24) is 9.88 Å². The summed E-state index contributed by atoms with van der Waals surface area (Å²) in [5.74, 6) is -0.128. The molecule has 0 aliphatic heterocycles. The Morgan fingerprint density at radius 2 is 2.00 bits per heavy atom. The minimum absolute atomic E-state index is 0.128. The number of aliphatic hydroxyl groups excluding tert-OH is 1. The van der Waals surface area contributed by atoms with Gasteiger partial charge in [0.15, 0.2) is 0 Å². The molecule has 3 rings (SSSR count). The van der Waals surface area contributed by atoms with Crippen LogP contribution in [0.2, 0.25) is 0 Å². The van der Waals surface area contributed by atoms with Crippen LogP contribution in [-0.2, 0) is 0 Å². The molecule has 2 N–H and O–H groups in total. The quantitative estimate of drug-likeness (QED) is 0.875. The van der Waals surface area contributed by atoms with E-state index >= 15 is 0 Å². The molecular formula is C16H18N2O2. The van der Waals surface area contributed by atoms with Gasteiger partial charge in [0.1, 0.15) is 5.69 Å². The summed E-state index contributed by atoms with van der Waals surface area (Å²) in [5, 5.41) is 12.8. The Labute approximate surface area is 118 Å². The Hall–Kier alpha value is -2.07. The predicted octanol–water partition coefficient (Wildman–Crippen LogP) is 2.29. The van der Waals surface area contributed by atoms with Crippen molar-refractivity contribution in [3.63, 3.8) is 0 Å². The Bertz CT molecular complexity index is 588. The first kappa shape index (κ1) is 12.9. The van der Waals surface area contributed by atoms with Gasteiger partial charge in [-0.15, -0.1) is 0 Å². The number of nitrogens with one attached hydrogen (secondary N) is 1. The molecule has 4 heteroatoms. The van der Waals surface area contributed by atoms with E-state index in [0.717, 1.165) is 18.4 Å². The predicted molar refractivity (Wildman–Crippen MR) is 76.4 cm³/mol. The van der Waals surface area contributed by atoms with Crippen molar-refractivity contribution in [1.29, 1.82) is 0 Å². The number of aliphatic hydroxyl groups is 1. The fourth-order valence-corrected chi connectivity index (χ4v) is 2.33. The third-order valence-corrected chi connectivity index (χ3v) is 3.59. The van der Waals surface area contributed by atoms with Gasteiger partial charge in [0.2, 0.25) is 0 Å². The van der Waals surface area contributed by atoms with Crippen LogP contribution in [-0.4, -0.2) is 22.1 Å². The summed E-state index contributed by atoms with van der Waals surface area (Å²) in [6, 6.07) is 13.5. The van der Waals surface area contributed by atoms with E-state index in [2.05, 4.69) is 5.32 Å². The fraction of sp³-hybridized carbons (Fsp3) is 0.312. The third kappa shape index (κ3) is 2.75. The van der Waals surface area contributed by atoms with E-state index in [-0.39, 0.29) is 12.5 Å². The highest BCUT2D eigenvalue weighted by atomic mass is 16.3. The molecule has 2 aromatic rings. The number of hydrogen-bond donors (Lipinski definition) is 2. The smallest absolute Gasteiger partial charge is 0.268 e. The molecule has 0 radical (unpaired) electrons. The molecule has 1 aromatic heterocycles. The number of aromatic nitrogens is 1. The lowest BCUT2D eigenvalue weighted by atomic mass is 10.1. The number of carbonyl (C=O) groups is 1. The van der Waals surface area contributed by atoms with Crippen molar-refractivity contribution >= 4 is 5.91 Å². The van der Waals surface area contributed by atoms with Crippen LogP contribution in [0.15, 0.2) is 48.7 Å². The Kier molecular flexibility index (Phi) is 3.56. The van der Waals surface area contributed by atoms with E-state index in [1.165, 1.54) is 0 Å². The van der Waals surface area contributed by atoms with Crippen molar-refractivity contribution in [2.75, 3.05) is 6.54 Å². The standard InChI is InChI=1S/C16H18N2O2/c19-15(12-5-2-1-3-6-12)11-17-16(20)14-7-4-10-18(14)13-8-9-13/h1-7,10,13,15,19H,8-9,11H2,(H,17,20). The third-order valence-electron chi connectivity index (χ3n) is 3.59. The van der Waals surface area contributed by atoms with Crippen LogP contribution in [0.5, 0.6) is 0 Å². The first-order valence-corrected chi connectivity index (χ1v) is 6.94. The van der Waals surface area contributed by atoms with Crippen molar-refractivity contribution in [3.8, 4) is 0 Å².